The number of aliphatic hydroxyl groups is 2. The molecule has 194 valence electrons. The van der Waals surface area contributed by atoms with Crippen LogP contribution in [0.3, 0.4) is 0 Å². The van der Waals surface area contributed by atoms with Gasteiger partial charge < -0.3 is 31.3 Å². The Hall–Kier alpha value is -1.22. The molecule has 6 N–H and O–H groups in total. The van der Waals surface area contributed by atoms with Gasteiger partial charge in [-0.25, -0.2) is 0 Å². The van der Waals surface area contributed by atoms with E-state index in [-0.39, 0.29) is 17.3 Å². The minimum atomic E-state index is -1.19. The quantitative estimate of drug-likeness (QED) is 0.201. The maximum absolute atomic E-state index is 12.3. The van der Waals surface area contributed by atoms with Crippen molar-refractivity contribution in [2.75, 3.05) is 27.2 Å². The molecule has 0 saturated heterocycles. The lowest BCUT2D eigenvalue weighted by Gasteiger charge is -2.64. The molecular weight excluding hydrogens is 430 g/mol. The zero-order chi connectivity index (χ0) is 24.8. The minimum Gasteiger partial charge on any atom is -0.389 e. The van der Waals surface area contributed by atoms with E-state index in [9.17, 15) is 10.2 Å². The van der Waals surface area contributed by atoms with Crippen molar-refractivity contribution in [1.29, 1.82) is 0 Å². The Bertz CT molecular complexity index is 805. The van der Waals surface area contributed by atoms with Crippen molar-refractivity contribution in [2.24, 2.45) is 50.3 Å². The molecule has 34 heavy (non-hydrogen) atoms. The fourth-order valence-electron chi connectivity index (χ4n) is 8.20. The Morgan fingerprint density at radius 2 is 1.82 bits per heavy atom. The van der Waals surface area contributed by atoms with Gasteiger partial charge in [0.25, 0.3) is 0 Å². The average molecular weight is 478 g/mol. The van der Waals surface area contributed by atoms with E-state index in [1.54, 1.807) is 25.2 Å². The molecule has 0 amide bonds. The number of fused-ring (bicyclic) bond motifs is 5. The zero-order valence-corrected chi connectivity index (χ0v) is 21.7. The summed E-state index contributed by atoms with van der Waals surface area (Å²) in [6.45, 7) is 5.98. The van der Waals surface area contributed by atoms with E-state index >= 15 is 0 Å². The summed E-state index contributed by atoms with van der Waals surface area (Å²) >= 11 is 0. The predicted octanol–water partition coefficient (Wildman–Crippen LogP) is 2.47. The highest BCUT2D eigenvalue weighted by Gasteiger charge is 2.71. The number of rotatable bonds is 6. The molecule has 4 fully saturated rings. The molecule has 4 saturated carbocycles. The van der Waals surface area contributed by atoms with Crippen LogP contribution < -0.4 is 11.5 Å². The molecule has 4 aliphatic rings. The number of nitrogens with two attached hydrogens (primary N) is 2. The molecular formula is C26H47N5O3. The van der Waals surface area contributed by atoms with Crippen molar-refractivity contribution in [2.45, 2.75) is 95.4 Å². The van der Waals surface area contributed by atoms with Gasteiger partial charge in [-0.15, -0.1) is 5.10 Å². The summed E-state index contributed by atoms with van der Waals surface area (Å²) < 4.78 is 6.16. The largest absolute Gasteiger partial charge is 0.389 e. The van der Waals surface area contributed by atoms with Crippen LogP contribution in [0.1, 0.15) is 78.1 Å². The highest BCUT2D eigenvalue weighted by atomic mass is 16.5. The van der Waals surface area contributed by atoms with Crippen molar-refractivity contribution in [3.63, 3.8) is 0 Å². The van der Waals surface area contributed by atoms with Crippen LogP contribution in [0.4, 0.5) is 0 Å². The van der Waals surface area contributed by atoms with E-state index in [1.807, 2.05) is 0 Å². The molecule has 8 nitrogen and oxygen atoms in total. The van der Waals surface area contributed by atoms with Crippen LogP contribution in [0.5, 0.6) is 0 Å². The fraction of sp³-hybridized carbons (Fsp3) is 0.923. The molecule has 0 unspecified atom stereocenters. The third-order valence-corrected chi connectivity index (χ3v) is 10.6. The molecule has 0 aromatic carbocycles. The van der Waals surface area contributed by atoms with Crippen LogP contribution in [0.2, 0.25) is 0 Å². The summed E-state index contributed by atoms with van der Waals surface area (Å²) in [7, 11) is 3.60. The molecule has 4 rings (SSSR count). The number of guanidine groups is 1. The summed E-state index contributed by atoms with van der Waals surface area (Å²) in [5.74, 6) is 1.62. The third-order valence-electron chi connectivity index (χ3n) is 10.6. The number of hydrogen-bond donors (Lipinski definition) is 4. The van der Waals surface area contributed by atoms with Gasteiger partial charge >= 0.3 is 0 Å². The second-order valence-electron chi connectivity index (χ2n) is 12.2. The van der Waals surface area contributed by atoms with Gasteiger partial charge in [0.15, 0.2) is 0 Å². The first-order valence-electron chi connectivity index (χ1n) is 13.3. The van der Waals surface area contributed by atoms with Crippen LogP contribution in [0, 0.1) is 28.6 Å². The fourth-order valence-corrected chi connectivity index (χ4v) is 8.20. The molecule has 0 heterocycles. The Labute approximate surface area is 205 Å². The van der Waals surface area contributed by atoms with Gasteiger partial charge in [-0.3, -0.25) is 0 Å². The Balaban J connectivity index is 1.52. The monoisotopic (exact) mass is 477 g/mol. The van der Waals surface area contributed by atoms with Crippen LogP contribution in [-0.4, -0.2) is 71.8 Å². The predicted molar refractivity (Wildman–Crippen MR) is 135 cm³/mol. The normalized spacial score (nSPS) is 46.7. The third kappa shape index (κ3) is 3.98. The van der Waals surface area contributed by atoms with Gasteiger partial charge in [-0.05, 0) is 93.9 Å². The van der Waals surface area contributed by atoms with Crippen molar-refractivity contribution in [3.8, 4) is 0 Å². The van der Waals surface area contributed by atoms with Crippen molar-refractivity contribution < 1.29 is 14.9 Å². The Kier molecular flexibility index (Phi) is 7.10. The Morgan fingerprint density at radius 3 is 2.53 bits per heavy atom. The van der Waals surface area contributed by atoms with Gasteiger partial charge in [0.1, 0.15) is 5.60 Å². The second kappa shape index (κ2) is 9.34. The smallest absolute Gasteiger partial charge is 0.215 e. The van der Waals surface area contributed by atoms with E-state index in [1.165, 1.54) is 0 Å². The molecule has 8 heteroatoms. The molecule has 0 radical (unpaired) electrons. The first kappa shape index (κ1) is 25.9. The van der Waals surface area contributed by atoms with Gasteiger partial charge in [-0.1, -0.05) is 13.8 Å². The van der Waals surface area contributed by atoms with E-state index < -0.39 is 16.6 Å². The van der Waals surface area contributed by atoms with Crippen LogP contribution in [-0.2, 0) is 4.74 Å². The molecule has 0 aromatic heterocycles. The van der Waals surface area contributed by atoms with Gasteiger partial charge in [0.05, 0.1) is 17.9 Å². The summed E-state index contributed by atoms with van der Waals surface area (Å²) in [5.41, 5.74) is 9.01. The average Bonchev–Trinajstić information content (AvgIpc) is 3.01. The first-order chi connectivity index (χ1) is 16.0. The summed E-state index contributed by atoms with van der Waals surface area (Å²) in [6, 6.07) is 0. The number of ether oxygens (including phenoxy) is 1. The van der Waals surface area contributed by atoms with E-state index in [0.29, 0.717) is 37.3 Å². The lowest BCUT2D eigenvalue weighted by Crippen LogP contribution is -2.65. The molecule has 0 bridgehead atoms. The molecule has 0 spiro atoms. The van der Waals surface area contributed by atoms with Crippen molar-refractivity contribution in [3.05, 3.63) is 0 Å². The van der Waals surface area contributed by atoms with Crippen LogP contribution in [0.15, 0.2) is 10.2 Å². The topological polar surface area (TPSA) is 130 Å². The summed E-state index contributed by atoms with van der Waals surface area (Å²) in [4.78, 5) is 1.68. The molecule has 0 aromatic rings. The molecule has 4 aliphatic carbocycles. The van der Waals surface area contributed by atoms with Crippen LogP contribution >= 0.6 is 0 Å². The maximum Gasteiger partial charge on any atom is 0.215 e. The number of nitrogens with zero attached hydrogens (tertiary/aromatic N) is 3. The lowest BCUT2D eigenvalue weighted by atomic mass is 9.43. The Morgan fingerprint density at radius 1 is 1.06 bits per heavy atom. The molecule has 8 atom stereocenters. The lowest BCUT2D eigenvalue weighted by molar-refractivity contribution is -0.225. The van der Waals surface area contributed by atoms with E-state index in [0.717, 1.165) is 58.0 Å². The van der Waals surface area contributed by atoms with Crippen molar-refractivity contribution >= 4 is 12.2 Å². The van der Waals surface area contributed by atoms with E-state index in [2.05, 4.69) is 24.1 Å². The second-order valence-corrected chi connectivity index (χ2v) is 12.2. The van der Waals surface area contributed by atoms with E-state index in [4.69, 9.17) is 16.2 Å². The zero-order valence-electron chi connectivity index (χ0n) is 21.7. The van der Waals surface area contributed by atoms with Gasteiger partial charge in [0, 0.05) is 26.1 Å². The minimum absolute atomic E-state index is 0.208. The number of hydrogen-bond acceptors (Lipinski definition) is 6. The van der Waals surface area contributed by atoms with Crippen molar-refractivity contribution in [1.82, 2.24) is 4.90 Å². The summed E-state index contributed by atoms with van der Waals surface area (Å²) in [6.07, 6.45) is 11.3. The molecule has 0 aliphatic heterocycles. The van der Waals surface area contributed by atoms with Crippen LogP contribution in [0.25, 0.3) is 0 Å². The highest BCUT2D eigenvalue weighted by molar-refractivity contribution is 5.79. The first-order valence-corrected chi connectivity index (χ1v) is 13.3. The summed E-state index contributed by atoms with van der Waals surface area (Å²) in [5, 5.41) is 32.2. The SMILES string of the molecule is CN(C)C(N)=N/N=C/[C@@]1(O)CC[C@]2(O)[C@@H]3CC[C@@H]4C[C@@H](OCCCN)CC[C@]4(C)[C@H]3CC[C@]12C. The standard InChI is InChI=1S/C26H47N5O3/c1-23-10-8-19(34-15-5-14-27)16-18(23)6-7-21-20(23)9-11-24(2)25(32,12-13-26(21,24)33)17-29-30-22(28)31(3)4/h17-21,32-33H,5-16,27H2,1-4H3,(H2,28,30)/b29-17+/t18-,19+,20+,21-,23+,24-,25+,26+/m1/s1. The highest BCUT2D eigenvalue weighted by Crippen LogP contribution is 2.69. The van der Waals surface area contributed by atoms with Gasteiger partial charge in [0.2, 0.25) is 5.96 Å². The van der Waals surface area contributed by atoms with Gasteiger partial charge in [-0.2, -0.15) is 5.10 Å². The maximum atomic E-state index is 12.3.